The molecule has 7 rings (SSSR count). The zero-order chi connectivity index (χ0) is 24.3. The third-order valence-electron chi connectivity index (χ3n) is 9.88. The van der Waals surface area contributed by atoms with Gasteiger partial charge in [0.1, 0.15) is 18.2 Å². The van der Waals surface area contributed by atoms with Crippen molar-refractivity contribution in [3.05, 3.63) is 40.6 Å². The van der Waals surface area contributed by atoms with E-state index in [1.807, 2.05) is 12.1 Å². The molecule has 1 aromatic heterocycles. The molecule has 7 heteroatoms. The summed E-state index contributed by atoms with van der Waals surface area (Å²) in [6.45, 7) is 3.87. The Hall–Kier alpha value is -2.38. The lowest BCUT2D eigenvalue weighted by Gasteiger charge is -2.44. The highest BCUT2D eigenvalue weighted by Gasteiger charge is 2.44. The molecule has 3 saturated heterocycles. The van der Waals surface area contributed by atoms with E-state index in [1.54, 1.807) is 0 Å². The maximum absolute atomic E-state index is 10.4. The van der Waals surface area contributed by atoms with Crippen molar-refractivity contribution < 1.29 is 9.84 Å². The predicted octanol–water partition coefficient (Wildman–Crippen LogP) is 3.36. The van der Waals surface area contributed by atoms with E-state index >= 15 is 0 Å². The van der Waals surface area contributed by atoms with Gasteiger partial charge in [0.2, 0.25) is 0 Å². The SMILES string of the molecule is CN1CCC[C@H]1COc1nc2c(c(N3[C@@H]4CC[C@H]3CNC4)n1)CCC1(CCCc3ccc(O)cc31)C2. The molecular weight excluding hydrogens is 450 g/mol. The third kappa shape index (κ3) is 3.77. The molecule has 2 bridgehead atoms. The molecule has 4 heterocycles. The Bertz CT molecular complexity index is 1140. The van der Waals surface area contributed by atoms with Gasteiger partial charge in [-0.05, 0) is 101 Å². The van der Waals surface area contributed by atoms with Crippen LogP contribution in [0.2, 0.25) is 0 Å². The van der Waals surface area contributed by atoms with Gasteiger partial charge in [-0.25, -0.2) is 0 Å². The first-order chi connectivity index (χ1) is 17.6. The van der Waals surface area contributed by atoms with E-state index in [9.17, 15) is 5.11 Å². The minimum absolute atomic E-state index is 0.0519. The Balaban J connectivity index is 1.27. The maximum atomic E-state index is 10.4. The Morgan fingerprint density at radius 2 is 1.94 bits per heavy atom. The first-order valence-corrected chi connectivity index (χ1v) is 14.1. The lowest BCUT2D eigenvalue weighted by atomic mass is 9.62. The van der Waals surface area contributed by atoms with Crippen LogP contribution in [0.3, 0.4) is 0 Å². The molecule has 2 aliphatic carbocycles. The van der Waals surface area contributed by atoms with Crippen LogP contribution in [-0.2, 0) is 24.7 Å². The van der Waals surface area contributed by atoms with Crippen LogP contribution in [0.25, 0.3) is 0 Å². The van der Waals surface area contributed by atoms with Crippen LogP contribution in [0, 0.1) is 0 Å². The zero-order valence-corrected chi connectivity index (χ0v) is 21.5. The van der Waals surface area contributed by atoms with Crippen molar-refractivity contribution in [2.45, 2.75) is 87.7 Å². The summed E-state index contributed by atoms with van der Waals surface area (Å²) in [6, 6.07) is 8.05. The van der Waals surface area contributed by atoms with Crippen molar-refractivity contribution in [3.63, 3.8) is 0 Å². The van der Waals surface area contributed by atoms with Gasteiger partial charge in [-0.1, -0.05) is 6.07 Å². The van der Waals surface area contributed by atoms with Gasteiger partial charge >= 0.3 is 6.01 Å². The molecule has 0 radical (unpaired) electrons. The van der Waals surface area contributed by atoms with Crippen molar-refractivity contribution in [2.75, 3.05) is 38.2 Å². The number of aromatic nitrogens is 2. The van der Waals surface area contributed by atoms with Crippen molar-refractivity contribution in [2.24, 2.45) is 0 Å². The largest absolute Gasteiger partial charge is 0.508 e. The van der Waals surface area contributed by atoms with Crippen LogP contribution in [0.5, 0.6) is 11.8 Å². The Morgan fingerprint density at radius 3 is 2.75 bits per heavy atom. The van der Waals surface area contributed by atoms with Gasteiger partial charge in [0, 0.05) is 42.2 Å². The summed E-state index contributed by atoms with van der Waals surface area (Å²) in [5.41, 5.74) is 5.32. The molecule has 3 aliphatic heterocycles. The van der Waals surface area contributed by atoms with Gasteiger partial charge in [-0.2, -0.15) is 9.97 Å². The molecule has 1 aromatic carbocycles. The fourth-order valence-corrected chi connectivity index (χ4v) is 7.90. The molecule has 4 atom stereocenters. The van der Waals surface area contributed by atoms with E-state index in [0.29, 0.717) is 36.5 Å². The van der Waals surface area contributed by atoms with Crippen LogP contribution >= 0.6 is 0 Å². The molecule has 192 valence electrons. The van der Waals surface area contributed by atoms with Gasteiger partial charge in [0.05, 0.1) is 5.69 Å². The minimum Gasteiger partial charge on any atom is -0.508 e. The summed E-state index contributed by atoms with van der Waals surface area (Å²) >= 11 is 0. The van der Waals surface area contributed by atoms with Crippen LogP contribution in [0.15, 0.2) is 18.2 Å². The van der Waals surface area contributed by atoms with Crippen molar-refractivity contribution in [1.82, 2.24) is 20.2 Å². The number of piperazine rings is 1. The number of nitrogens with zero attached hydrogens (tertiary/aromatic N) is 4. The number of aryl methyl sites for hydroxylation is 1. The maximum Gasteiger partial charge on any atom is 0.318 e. The van der Waals surface area contributed by atoms with Gasteiger partial charge < -0.3 is 25.0 Å². The van der Waals surface area contributed by atoms with Crippen molar-refractivity contribution in [1.29, 1.82) is 0 Å². The van der Waals surface area contributed by atoms with E-state index in [0.717, 1.165) is 57.6 Å². The van der Waals surface area contributed by atoms with Crippen molar-refractivity contribution in [3.8, 4) is 11.8 Å². The standard InChI is InChI=1S/C29H39N5O2/c1-33-13-3-5-22(33)18-36-28-31-26-15-29(11-2-4-19-6-9-23(35)14-25(19)29)12-10-24(26)27(32-28)34-20-7-8-21(34)17-30-16-20/h6,9,14,20-22,30,35H,2-5,7-8,10-13,15-18H2,1H3/t20-,21+,22-,29?/m0/s1. The van der Waals surface area contributed by atoms with E-state index in [-0.39, 0.29) is 5.41 Å². The number of likely N-dealkylation sites (N-methyl/N-ethyl adjacent to an activating group) is 1. The number of hydrogen-bond acceptors (Lipinski definition) is 7. The molecule has 36 heavy (non-hydrogen) atoms. The number of rotatable bonds is 4. The summed E-state index contributed by atoms with van der Waals surface area (Å²) < 4.78 is 6.37. The molecule has 1 spiro atoms. The third-order valence-corrected chi connectivity index (χ3v) is 9.88. The summed E-state index contributed by atoms with van der Waals surface area (Å²) in [5.74, 6) is 1.52. The molecule has 7 nitrogen and oxygen atoms in total. The van der Waals surface area contributed by atoms with Crippen molar-refractivity contribution >= 4 is 5.82 Å². The van der Waals surface area contributed by atoms with Gasteiger partial charge in [0.15, 0.2) is 0 Å². The highest BCUT2D eigenvalue weighted by Crippen LogP contribution is 2.49. The van der Waals surface area contributed by atoms with Gasteiger partial charge in [0.25, 0.3) is 0 Å². The van der Waals surface area contributed by atoms with E-state index in [2.05, 4.69) is 28.2 Å². The molecule has 2 aromatic rings. The summed E-state index contributed by atoms with van der Waals surface area (Å²) in [5, 5.41) is 14.0. The molecule has 1 unspecified atom stereocenters. The second-order valence-corrected chi connectivity index (χ2v) is 11.9. The quantitative estimate of drug-likeness (QED) is 0.682. The molecule has 3 fully saturated rings. The Kier molecular flexibility index (Phi) is 5.62. The molecule has 0 amide bonds. The number of phenols is 1. The lowest BCUT2D eigenvalue weighted by Crippen LogP contribution is -2.53. The number of phenolic OH excluding ortho intramolecular Hbond substituents is 1. The molecular formula is C29H39N5O2. The van der Waals surface area contributed by atoms with Crippen LogP contribution in [0.1, 0.15) is 67.3 Å². The number of ether oxygens (including phenoxy) is 1. The summed E-state index contributed by atoms with van der Waals surface area (Å²) in [6.07, 6.45) is 11.3. The Labute approximate surface area is 214 Å². The first-order valence-electron chi connectivity index (χ1n) is 14.1. The number of likely N-dealkylation sites (tertiary alicyclic amines) is 1. The van der Waals surface area contributed by atoms with Gasteiger partial charge in [-0.3, -0.25) is 0 Å². The van der Waals surface area contributed by atoms with Gasteiger partial charge in [-0.15, -0.1) is 0 Å². The van der Waals surface area contributed by atoms with E-state index in [1.165, 1.54) is 54.5 Å². The van der Waals surface area contributed by atoms with E-state index < -0.39 is 0 Å². The highest BCUT2D eigenvalue weighted by molar-refractivity contribution is 5.56. The fraction of sp³-hybridized carbons (Fsp3) is 0.655. The predicted molar refractivity (Wildman–Crippen MR) is 140 cm³/mol. The average molecular weight is 490 g/mol. The van der Waals surface area contributed by atoms with E-state index in [4.69, 9.17) is 14.7 Å². The highest BCUT2D eigenvalue weighted by atomic mass is 16.5. The number of anilines is 1. The number of aromatic hydroxyl groups is 1. The van der Waals surface area contributed by atoms with Crippen LogP contribution < -0.4 is 15.0 Å². The fourth-order valence-electron chi connectivity index (χ4n) is 7.90. The zero-order valence-electron chi connectivity index (χ0n) is 21.5. The normalized spacial score (nSPS) is 31.5. The number of hydrogen-bond donors (Lipinski definition) is 2. The number of fused-ring (bicyclic) bond motifs is 5. The number of benzene rings is 1. The first kappa shape index (κ1) is 22.8. The second kappa shape index (κ2) is 8.88. The topological polar surface area (TPSA) is 73.8 Å². The summed E-state index contributed by atoms with van der Waals surface area (Å²) in [4.78, 5) is 15.3. The monoisotopic (exact) mass is 489 g/mol. The second-order valence-electron chi connectivity index (χ2n) is 11.9. The molecule has 5 aliphatic rings. The Morgan fingerprint density at radius 1 is 1.08 bits per heavy atom. The smallest absolute Gasteiger partial charge is 0.318 e. The molecule has 0 saturated carbocycles. The minimum atomic E-state index is 0.0519. The van der Waals surface area contributed by atoms with Crippen LogP contribution in [0.4, 0.5) is 5.82 Å². The summed E-state index contributed by atoms with van der Waals surface area (Å²) in [7, 11) is 2.19. The lowest BCUT2D eigenvalue weighted by molar-refractivity contribution is 0.186. The number of nitrogens with one attached hydrogen (secondary N) is 1. The van der Waals surface area contributed by atoms with Crippen LogP contribution in [-0.4, -0.2) is 71.4 Å². The molecule has 2 N–H and O–H groups in total. The average Bonchev–Trinajstić information content (AvgIpc) is 3.40.